The summed E-state index contributed by atoms with van der Waals surface area (Å²) < 4.78 is 3.47. The minimum absolute atomic E-state index is 0.706. The highest BCUT2D eigenvalue weighted by atomic mass is 15.5. The van der Waals surface area contributed by atoms with Crippen LogP contribution < -0.4 is 10.2 Å². The summed E-state index contributed by atoms with van der Waals surface area (Å²) in [6.45, 7) is 5.72. The molecule has 25 heavy (non-hydrogen) atoms. The van der Waals surface area contributed by atoms with E-state index in [4.69, 9.17) is 0 Å². The molecule has 8 heteroatoms. The molecule has 0 aromatic carbocycles. The van der Waals surface area contributed by atoms with Gasteiger partial charge in [-0.25, -0.2) is 19.6 Å². The number of H-pyrrole nitrogens is 1. The van der Waals surface area contributed by atoms with Gasteiger partial charge in [-0.15, -0.1) is 9.73 Å². The van der Waals surface area contributed by atoms with Crippen molar-refractivity contribution in [2.75, 3.05) is 0 Å². The maximum absolute atomic E-state index is 4.54. The number of allylic oxidation sites excluding steroid dienone is 1. The highest BCUT2D eigenvalue weighted by Crippen LogP contribution is 2.37. The smallest absolute Gasteiger partial charge is 0.185 e. The van der Waals surface area contributed by atoms with Crippen LogP contribution in [0.3, 0.4) is 0 Å². The van der Waals surface area contributed by atoms with Crippen molar-refractivity contribution in [3.8, 4) is 0 Å². The van der Waals surface area contributed by atoms with Gasteiger partial charge in [0, 0.05) is 28.5 Å². The van der Waals surface area contributed by atoms with Crippen molar-refractivity contribution in [2.24, 2.45) is 0 Å². The predicted octanol–water partition coefficient (Wildman–Crippen LogP) is 0.385. The highest BCUT2D eigenvalue weighted by Gasteiger charge is 2.29. The first-order chi connectivity index (χ1) is 12.1. The van der Waals surface area contributed by atoms with Gasteiger partial charge in [0.15, 0.2) is 23.9 Å². The summed E-state index contributed by atoms with van der Waals surface area (Å²) in [5, 5.41) is 14.2. The summed E-state index contributed by atoms with van der Waals surface area (Å²) >= 11 is 0. The van der Waals surface area contributed by atoms with Crippen molar-refractivity contribution in [1.29, 1.82) is 0 Å². The average molecular weight is 331 g/mol. The number of aryl methyl sites for hydroxylation is 3. The van der Waals surface area contributed by atoms with Crippen molar-refractivity contribution in [3.05, 3.63) is 58.5 Å². The van der Waals surface area contributed by atoms with E-state index >= 15 is 0 Å². The van der Waals surface area contributed by atoms with Crippen molar-refractivity contribution >= 4 is 23.0 Å². The lowest BCUT2D eigenvalue weighted by molar-refractivity contribution is -0.378. The summed E-state index contributed by atoms with van der Waals surface area (Å²) in [6, 6.07) is 4.05. The third-order valence-corrected chi connectivity index (χ3v) is 4.27. The van der Waals surface area contributed by atoms with Gasteiger partial charge < -0.3 is 0 Å². The molecule has 0 aliphatic carbocycles. The average Bonchev–Trinajstić information content (AvgIpc) is 3.19. The first-order valence-corrected chi connectivity index (χ1v) is 7.98. The zero-order chi connectivity index (χ0) is 17.1. The molecule has 0 radical (unpaired) electrons. The second-order valence-corrected chi connectivity index (χ2v) is 6.06. The Hall–Kier alpha value is -3.42. The first-order valence-electron chi connectivity index (χ1n) is 7.98. The van der Waals surface area contributed by atoms with Crippen LogP contribution >= 0.6 is 0 Å². The molecular weight excluding hydrogens is 316 g/mol. The van der Waals surface area contributed by atoms with Gasteiger partial charge in [-0.3, -0.25) is 0 Å². The fourth-order valence-corrected chi connectivity index (χ4v) is 3.18. The van der Waals surface area contributed by atoms with Crippen LogP contribution in [0.4, 0.5) is 0 Å². The summed E-state index contributed by atoms with van der Waals surface area (Å²) in [5.74, 6) is 2.31. The van der Waals surface area contributed by atoms with E-state index in [1.807, 2.05) is 50.0 Å². The van der Waals surface area contributed by atoms with Crippen LogP contribution in [0.5, 0.6) is 0 Å². The SMILES string of the molecule is Cc1nc2n(n1)C(c1cc[nH+]cc1)=C2/C=c1/c(C)nn2nc(C)nc12. The summed E-state index contributed by atoms with van der Waals surface area (Å²) in [5.41, 5.74) is 4.79. The number of aromatic amines is 1. The monoisotopic (exact) mass is 331 g/mol. The van der Waals surface area contributed by atoms with Crippen molar-refractivity contribution in [2.45, 2.75) is 20.8 Å². The zero-order valence-electron chi connectivity index (χ0n) is 14.0. The van der Waals surface area contributed by atoms with Gasteiger partial charge in [0.05, 0.1) is 11.4 Å². The van der Waals surface area contributed by atoms with E-state index < -0.39 is 0 Å². The van der Waals surface area contributed by atoms with Gasteiger partial charge in [0.1, 0.15) is 11.6 Å². The number of hydrogen-bond donors (Lipinski definition) is 0. The van der Waals surface area contributed by atoms with E-state index in [1.54, 1.807) is 4.63 Å². The van der Waals surface area contributed by atoms with Crippen molar-refractivity contribution < 1.29 is 4.98 Å². The van der Waals surface area contributed by atoms with Crippen LogP contribution in [-0.4, -0.2) is 34.6 Å². The number of nitrogens with zero attached hydrogens (tertiary/aromatic N) is 7. The van der Waals surface area contributed by atoms with Crippen LogP contribution in [-0.2, 0) is 0 Å². The summed E-state index contributed by atoms with van der Waals surface area (Å²) in [6.07, 6.45) is 5.88. The van der Waals surface area contributed by atoms with Gasteiger partial charge in [-0.2, -0.15) is 10.2 Å². The molecule has 4 aromatic heterocycles. The molecule has 0 spiro atoms. The quantitative estimate of drug-likeness (QED) is 0.530. The molecule has 1 aliphatic heterocycles. The number of aromatic nitrogens is 8. The van der Waals surface area contributed by atoms with Gasteiger partial charge in [0.25, 0.3) is 0 Å². The molecule has 5 heterocycles. The van der Waals surface area contributed by atoms with Crippen LogP contribution in [0.2, 0.25) is 0 Å². The van der Waals surface area contributed by atoms with E-state index in [0.717, 1.165) is 45.0 Å². The third-order valence-electron chi connectivity index (χ3n) is 4.27. The van der Waals surface area contributed by atoms with Gasteiger partial charge in [-0.05, 0) is 26.8 Å². The molecule has 0 atom stereocenters. The zero-order valence-corrected chi connectivity index (χ0v) is 14.0. The predicted molar refractivity (Wildman–Crippen MR) is 89.9 cm³/mol. The van der Waals surface area contributed by atoms with Crippen LogP contribution in [0, 0.1) is 20.8 Å². The largest absolute Gasteiger partial charge is 0.218 e. The van der Waals surface area contributed by atoms with Crippen LogP contribution in [0.15, 0.2) is 24.5 Å². The van der Waals surface area contributed by atoms with Crippen molar-refractivity contribution in [3.63, 3.8) is 0 Å². The van der Waals surface area contributed by atoms with Crippen LogP contribution in [0.1, 0.15) is 28.7 Å². The molecular formula is C17H15N8+. The van der Waals surface area contributed by atoms with Crippen molar-refractivity contribution in [1.82, 2.24) is 34.6 Å². The number of fused-ring (bicyclic) bond motifs is 2. The number of rotatable bonds is 2. The number of nitrogens with one attached hydrogen (secondary N) is 1. The second kappa shape index (κ2) is 4.79. The molecule has 1 aliphatic rings. The lowest BCUT2D eigenvalue weighted by Gasteiger charge is -2.21. The molecule has 8 nitrogen and oxygen atoms in total. The molecule has 4 aromatic rings. The second-order valence-electron chi connectivity index (χ2n) is 6.06. The Labute approximate surface area is 142 Å². The first kappa shape index (κ1) is 14.0. The lowest BCUT2D eigenvalue weighted by atomic mass is 10.00. The molecule has 0 amide bonds. The van der Waals surface area contributed by atoms with E-state index in [-0.39, 0.29) is 0 Å². The summed E-state index contributed by atoms with van der Waals surface area (Å²) in [7, 11) is 0. The Bertz CT molecular complexity index is 1210. The van der Waals surface area contributed by atoms with Gasteiger partial charge >= 0.3 is 0 Å². The topological polar surface area (TPSA) is 87.9 Å². The molecule has 0 unspecified atom stereocenters. The summed E-state index contributed by atoms with van der Waals surface area (Å²) in [4.78, 5) is 12.1. The maximum Gasteiger partial charge on any atom is 0.185 e. The standard InChI is InChI=1S/C17H14N8/c1-9-13(17-20-11(3)23-25(17)21-9)8-14-15(12-4-6-18-7-5-12)24-16(14)19-10(2)22-24/h4-8H,1-3H3/p+1/b13-8-. The Morgan fingerprint density at radius 2 is 1.72 bits per heavy atom. The Kier molecular flexibility index (Phi) is 2.68. The Morgan fingerprint density at radius 1 is 0.960 bits per heavy atom. The van der Waals surface area contributed by atoms with E-state index in [2.05, 4.69) is 36.3 Å². The Morgan fingerprint density at radius 3 is 2.52 bits per heavy atom. The minimum Gasteiger partial charge on any atom is -0.218 e. The Balaban J connectivity index is 1.79. The number of hydrogen-bond acceptors (Lipinski definition) is 5. The van der Waals surface area contributed by atoms with Gasteiger partial charge in [0.2, 0.25) is 0 Å². The molecule has 0 bridgehead atoms. The normalized spacial score (nSPS) is 14.3. The fourth-order valence-electron chi connectivity index (χ4n) is 3.18. The van der Waals surface area contributed by atoms with Crippen LogP contribution in [0.25, 0.3) is 23.0 Å². The highest BCUT2D eigenvalue weighted by molar-refractivity contribution is 6.08. The molecule has 0 saturated heterocycles. The third kappa shape index (κ3) is 1.94. The van der Waals surface area contributed by atoms with Gasteiger partial charge in [-0.1, -0.05) is 0 Å². The molecule has 0 fully saturated rings. The molecule has 5 rings (SSSR count). The molecule has 0 saturated carbocycles. The van der Waals surface area contributed by atoms with E-state index in [1.165, 1.54) is 0 Å². The maximum atomic E-state index is 4.54. The molecule has 122 valence electrons. The van der Waals surface area contributed by atoms with E-state index in [0.29, 0.717) is 5.82 Å². The lowest BCUT2D eigenvalue weighted by Crippen LogP contribution is -2.19. The fraction of sp³-hybridized carbons (Fsp3) is 0.176. The molecule has 1 N–H and O–H groups in total. The number of pyridine rings is 1. The minimum atomic E-state index is 0.706. The van der Waals surface area contributed by atoms with E-state index in [9.17, 15) is 0 Å².